The van der Waals surface area contributed by atoms with Crippen LogP contribution in [0.1, 0.15) is 127 Å². The Morgan fingerprint density at radius 1 is 0.594 bits per heavy atom. The van der Waals surface area contributed by atoms with Crippen molar-refractivity contribution < 1.29 is 5.11 Å². The van der Waals surface area contributed by atoms with Crippen LogP contribution < -0.4 is 0 Å². The van der Waals surface area contributed by atoms with Gasteiger partial charge in [-0.05, 0) is 120 Å². The highest BCUT2D eigenvalue weighted by Crippen LogP contribution is 2.78. The molecule has 184 valence electrons. The van der Waals surface area contributed by atoms with Gasteiger partial charge in [0.2, 0.25) is 0 Å². The largest absolute Gasteiger partial charge is 0.392 e. The molecule has 0 amide bonds. The second-order valence-corrected chi connectivity index (χ2v) is 16.0. The normalized spacial score (nSPS) is 58.7. The van der Waals surface area contributed by atoms with E-state index >= 15 is 0 Å². The fourth-order valence-electron chi connectivity index (χ4n) is 12.8. The van der Waals surface area contributed by atoms with E-state index in [-0.39, 0.29) is 11.5 Å². The number of aliphatic hydroxyl groups excluding tert-OH is 1. The number of hydrogen-bond donors (Lipinski definition) is 1. The van der Waals surface area contributed by atoms with Crippen LogP contribution in [-0.2, 0) is 0 Å². The summed E-state index contributed by atoms with van der Waals surface area (Å²) in [6.07, 6.45) is 14.0. The van der Waals surface area contributed by atoms with Crippen LogP contribution in [0.4, 0.5) is 0 Å². The van der Waals surface area contributed by atoms with E-state index in [9.17, 15) is 5.11 Å². The van der Waals surface area contributed by atoms with Crippen molar-refractivity contribution in [1.82, 2.24) is 0 Å². The molecule has 10 atom stereocenters. The van der Waals surface area contributed by atoms with Gasteiger partial charge in [-0.25, -0.2) is 0 Å². The Morgan fingerprint density at radius 3 is 1.72 bits per heavy atom. The summed E-state index contributed by atoms with van der Waals surface area (Å²) < 4.78 is 0. The van der Waals surface area contributed by atoms with Crippen LogP contribution in [0.3, 0.4) is 0 Å². The topological polar surface area (TPSA) is 20.2 Å². The zero-order valence-electron chi connectivity index (χ0n) is 23.0. The van der Waals surface area contributed by atoms with Gasteiger partial charge in [-0.2, -0.15) is 0 Å². The second-order valence-electron chi connectivity index (χ2n) is 16.0. The van der Waals surface area contributed by atoms with Gasteiger partial charge in [-0.15, -0.1) is 0 Å². The lowest BCUT2D eigenvalue weighted by atomic mass is 9.30. The fraction of sp³-hybridized carbons (Fsp3) is 1.00. The van der Waals surface area contributed by atoms with Crippen molar-refractivity contribution in [2.24, 2.45) is 62.1 Å². The minimum atomic E-state index is -0.143. The molecule has 32 heavy (non-hydrogen) atoms. The Kier molecular flexibility index (Phi) is 5.03. The molecule has 0 aliphatic heterocycles. The molecule has 10 unspecified atom stereocenters. The van der Waals surface area contributed by atoms with Crippen LogP contribution in [0.2, 0.25) is 0 Å². The minimum Gasteiger partial charge on any atom is -0.392 e. The lowest BCUT2D eigenvalue weighted by molar-refractivity contribution is -0.269. The molecule has 5 rings (SSSR count). The summed E-state index contributed by atoms with van der Waals surface area (Å²) in [5.74, 6) is 3.72. The van der Waals surface area contributed by atoms with E-state index in [1.54, 1.807) is 0 Å². The molecule has 5 saturated carbocycles. The predicted molar refractivity (Wildman–Crippen MR) is 135 cm³/mol. The Morgan fingerprint density at radius 2 is 1.12 bits per heavy atom. The van der Waals surface area contributed by atoms with Crippen molar-refractivity contribution in [2.75, 3.05) is 0 Å². The highest BCUT2D eigenvalue weighted by Gasteiger charge is 2.71. The Labute approximate surface area is 199 Å². The van der Waals surface area contributed by atoms with E-state index in [2.05, 4.69) is 62.3 Å². The Bertz CT molecular complexity index is 766. The van der Waals surface area contributed by atoms with Gasteiger partial charge in [0.05, 0.1) is 6.10 Å². The second kappa shape index (κ2) is 6.79. The van der Waals surface area contributed by atoms with Crippen LogP contribution in [0.5, 0.6) is 0 Å². The molecule has 1 heteroatoms. The first kappa shape index (κ1) is 23.7. The molecule has 0 aromatic rings. The zero-order chi connectivity index (χ0) is 23.5. The minimum absolute atomic E-state index is 0.0442. The average Bonchev–Trinajstić information content (AvgIpc) is 2.66. The molecule has 0 saturated heterocycles. The first-order valence-corrected chi connectivity index (χ1v) is 14.3. The van der Waals surface area contributed by atoms with Crippen LogP contribution in [-0.4, -0.2) is 11.2 Å². The van der Waals surface area contributed by atoms with Crippen molar-refractivity contribution in [3.8, 4) is 0 Å². The number of rotatable bonds is 0. The van der Waals surface area contributed by atoms with Gasteiger partial charge >= 0.3 is 0 Å². The summed E-state index contributed by atoms with van der Waals surface area (Å²) in [6.45, 7) is 23.2. The summed E-state index contributed by atoms with van der Waals surface area (Å²) in [5, 5.41) is 11.2. The summed E-state index contributed by atoms with van der Waals surface area (Å²) in [4.78, 5) is 0. The van der Waals surface area contributed by atoms with E-state index < -0.39 is 0 Å². The van der Waals surface area contributed by atoms with Gasteiger partial charge in [0.25, 0.3) is 0 Å². The van der Waals surface area contributed by atoms with Crippen LogP contribution >= 0.6 is 0 Å². The smallest absolute Gasteiger partial charge is 0.0619 e. The zero-order valence-corrected chi connectivity index (χ0v) is 23.0. The lowest BCUT2D eigenvalue weighted by Gasteiger charge is -2.75. The van der Waals surface area contributed by atoms with Crippen LogP contribution in [0, 0.1) is 62.1 Å². The van der Waals surface area contributed by atoms with Gasteiger partial charge in [-0.3, -0.25) is 0 Å². The molecule has 5 fully saturated rings. The van der Waals surface area contributed by atoms with E-state index in [0.717, 1.165) is 17.8 Å². The van der Waals surface area contributed by atoms with Crippen LogP contribution in [0.25, 0.3) is 0 Å². The monoisotopic (exact) mass is 442 g/mol. The maximum atomic E-state index is 11.2. The quantitative estimate of drug-likeness (QED) is 0.398. The van der Waals surface area contributed by atoms with E-state index in [1.165, 1.54) is 64.2 Å². The molecule has 0 radical (unpaired) electrons. The molecular weight excluding hydrogens is 388 g/mol. The molecule has 5 aliphatic rings. The first-order valence-electron chi connectivity index (χ1n) is 14.3. The van der Waals surface area contributed by atoms with Crippen LogP contribution in [0.15, 0.2) is 0 Å². The van der Waals surface area contributed by atoms with E-state index in [4.69, 9.17) is 0 Å². The van der Waals surface area contributed by atoms with Gasteiger partial charge < -0.3 is 5.11 Å². The standard InChI is InChI=1S/C31H54O/c1-20-19-29(7)22(27(4,5)25(20)32)14-18-31(9)24(29)12-11-23-28(6)16-10-15-26(2,3)21(28)13-17-30(23,31)8/h20-25,32H,10-19H2,1-9H3. The molecule has 0 heterocycles. The average molecular weight is 443 g/mol. The third-order valence-corrected chi connectivity index (χ3v) is 14.1. The molecule has 0 aromatic heterocycles. The lowest BCUT2D eigenvalue weighted by Crippen LogP contribution is -2.68. The van der Waals surface area contributed by atoms with Gasteiger partial charge in [-0.1, -0.05) is 68.7 Å². The highest BCUT2D eigenvalue weighted by atomic mass is 16.3. The Balaban J connectivity index is 1.55. The molecule has 1 N–H and O–H groups in total. The Hall–Kier alpha value is -0.0400. The van der Waals surface area contributed by atoms with Crippen molar-refractivity contribution >= 4 is 0 Å². The van der Waals surface area contributed by atoms with Crippen molar-refractivity contribution in [3.63, 3.8) is 0 Å². The number of aliphatic hydroxyl groups is 1. The third-order valence-electron chi connectivity index (χ3n) is 14.1. The molecule has 0 aromatic carbocycles. The predicted octanol–water partition coefficient (Wildman–Crippen LogP) is 8.49. The molecule has 0 spiro atoms. The summed E-state index contributed by atoms with van der Waals surface area (Å²) in [7, 11) is 0. The maximum absolute atomic E-state index is 11.2. The summed E-state index contributed by atoms with van der Waals surface area (Å²) >= 11 is 0. The maximum Gasteiger partial charge on any atom is 0.0619 e. The first-order chi connectivity index (χ1) is 14.6. The van der Waals surface area contributed by atoms with Gasteiger partial charge in [0.1, 0.15) is 0 Å². The molecule has 0 bridgehead atoms. The molecular formula is C31H54O. The molecule has 5 aliphatic carbocycles. The molecule has 1 nitrogen and oxygen atoms in total. The van der Waals surface area contributed by atoms with Gasteiger partial charge in [0, 0.05) is 0 Å². The third kappa shape index (κ3) is 2.67. The fourth-order valence-corrected chi connectivity index (χ4v) is 12.8. The van der Waals surface area contributed by atoms with E-state index in [0.29, 0.717) is 38.9 Å². The highest BCUT2D eigenvalue weighted by molar-refractivity contribution is 5.19. The van der Waals surface area contributed by atoms with E-state index in [1.807, 2.05) is 0 Å². The summed E-state index contributed by atoms with van der Waals surface area (Å²) in [6, 6.07) is 0. The number of hydrogen-bond acceptors (Lipinski definition) is 1. The van der Waals surface area contributed by atoms with Gasteiger partial charge in [0.15, 0.2) is 0 Å². The number of fused-ring (bicyclic) bond motifs is 7. The van der Waals surface area contributed by atoms with Crippen molar-refractivity contribution in [2.45, 2.75) is 133 Å². The SMILES string of the molecule is CC1CC2(C)C(CCC3(C)C2CCC2C4(C)CCCC(C)(C)C4CCC23C)C(C)(C)C1O. The van der Waals surface area contributed by atoms with Crippen molar-refractivity contribution in [1.29, 1.82) is 0 Å². The van der Waals surface area contributed by atoms with Crippen molar-refractivity contribution in [3.05, 3.63) is 0 Å². The summed E-state index contributed by atoms with van der Waals surface area (Å²) in [5.41, 5.74) is 2.42.